The number of anilines is 1. The first kappa shape index (κ1) is 16.6. The van der Waals surface area contributed by atoms with Crippen LogP contribution in [0.25, 0.3) is 0 Å². The van der Waals surface area contributed by atoms with Crippen molar-refractivity contribution in [1.29, 1.82) is 0 Å². The van der Waals surface area contributed by atoms with Gasteiger partial charge in [0.2, 0.25) is 0 Å². The summed E-state index contributed by atoms with van der Waals surface area (Å²) in [6.07, 6.45) is 8.19. The molecule has 4 rings (SSSR count). The Kier molecular flexibility index (Phi) is 4.50. The van der Waals surface area contributed by atoms with Crippen molar-refractivity contribution in [2.24, 2.45) is 4.99 Å². The first-order valence-corrected chi connectivity index (χ1v) is 10.0. The Hall–Kier alpha value is -1.88. The Morgan fingerprint density at radius 1 is 1.32 bits per heavy atom. The molecule has 1 aromatic carbocycles. The summed E-state index contributed by atoms with van der Waals surface area (Å²) in [5.74, 6) is 0.990. The van der Waals surface area contributed by atoms with E-state index in [1.807, 2.05) is 13.2 Å². The maximum atomic E-state index is 4.57. The van der Waals surface area contributed by atoms with Crippen LogP contribution in [0.3, 0.4) is 0 Å². The molecule has 0 bridgehead atoms. The van der Waals surface area contributed by atoms with E-state index < -0.39 is 0 Å². The molecule has 5 heteroatoms. The second-order valence-corrected chi connectivity index (χ2v) is 8.50. The number of para-hydroxylation sites is 1. The van der Waals surface area contributed by atoms with E-state index >= 15 is 0 Å². The molecule has 2 aromatic rings. The van der Waals surface area contributed by atoms with Gasteiger partial charge in [0.25, 0.3) is 0 Å². The van der Waals surface area contributed by atoms with Crippen LogP contribution in [0.2, 0.25) is 0 Å². The summed E-state index contributed by atoms with van der Waals surface area (Å²) in [5.41, 5.74) is 3.19. The van der Waals surface area contributed by atoms with Gasteiger partial charge in [0.05, 0.1) is 5.01 Å². The van der Waals surface area contributed by atoms with Gasteiger partial charge in [-0.25, -0.2) is 4.98 Å². The SMILES string of the molecule is CN=C(NCCc1ncc(C)s1)N1CC2(CCCC2)c2ccccc21. The van der Waals surface area contributed by atoms with E-state index in [0.717, 1.165) is 25.5 Å². The summed E-state index contributed by atoms with van der Waals surface area (Å²) < 4.78 is 0. The molecular weight excluding hydrogens is 328 g/mol. The van der Waals surface area contributed by atoms with Crippen LogP contribution in [0.4, 0.5) is 5.69 Å². The van der Waals surface area contributed by atoms with Gasteiger partial charge >= 0.3 is 0 Å². The second-order valence-electron chi connectivity index (χ2n) is 7.18. The summed E-state index contributed by atoms with van der Waals surface area (Å²) in [4.78, 5) is 12.7. The number of hydrogen-bond acceptors (Lipinski definition) is 3. The van der Waals surface area contributed by atoms with Crippen molar-refractivity contribution < 1.29 is 0 Å². The monoisotopic (exact) mass is 354 g/mol. The number of nitrogens with one attached hydrogen (secondary N) is 1. The third-order valence-corrected chi connectivity index (χ3v) is 6.52. The minimum atomic E-state index is 0.334. The molecule has 25 heavy (non-hydrogen) atoms. The van der Waals surface area contributed by atoms with Crippen LogP contribution >= 0.6 is 11.3 Å². The van der Waals surface area contributed by atoms with Gasteiger partial charge < -0.3 is 10.2 Å². The summed E-state index contributed by atoms with van der Waals surface area (Å²) in [6, 6.07) is 8.90. The van der Waals surface area contributed by atoms with Crippen molar-refractivity contribution in [2.75, 3.05) is 25.0 Å². The fraction of sp³-hybridized carbons (Fsp3) is 0.500. The molecule has 0 atom stereocenters. The van der Waals surface area contributed by atoms with Crippen molar-refractivity contribution in [3.05, 3.63) is 45.9 Å². The molecule has 1 saturated carbocycles. The lowest BCUT2D eigenvalue weighted by Crippen LogP contribution is -2.44. The summed E-state index contributed by atoms with van der Waals surface area (Å²) in [7, 11) is 1.89. The highest BCUT2D eigenvalue weighted by Crippen LogP contribution is 2.50. The quantitative estimate of drug-likeness (QED) is 0.671. The minimum Gasteiger partial charge on any atom is -0.356 e. The Morgan fingerprint density at radius 2 is 2.12 bits per heavy atom. The summed E-state index contributed by atoms with van der Waals surface area (Å²) >= 11 is 1.78. The molecule has 2 heterocycles. The van der Waals surface area contributed by atoms with E-state index in [0.29, 0.717) is 5.41 Å². The number of guanidine groups is 1. The molecule has 1 N–H and O–H groups in total. The number of thiazole rings is 1. The van der Waals surface area contributed by atoms with Gasteiger partial charge in [-0.1, -0.05) is 31.0 Å². The zero-order valence-corrected chi connectivity index (χ0v) is 15.9. The highest BCUT2D eigenvalue weighted by molar-refractivity contribution is 7.11. The average molecular weight is 355 g/mol. The zero-order chi connectivity index (χ0) is 17.3. The molecule has 1 fully saturated rings. The molecule has 1 aromatic heterocycles. The second kappa shape index (κ2) is 6.79. The van der Waals surface area contributed by atoms with Gasteiger partial charge in [0, 0.05) is 48.7 Å². The Labute approximate surface area is 154 Å². The predicted molar refractivity (Wildman–Crippen MR) is 106 cm³/mol. The van der Waals surface area contributed by atoms with Crippen LogP contribution in [0, 0.1) is 6.92 Å². The maximum Gasteiger partial charge on any atom is 0.198 e. The molecule has 1 aliphatic carbocycles. The van der Waals surface area contributed by atoms with Gasteiger partial charge in [-0.05, 0) is 31.4 Å². The lowest BCUT2D eigenvalue weighted by atomic mass is 9.81. The fourth-order valence-electron chi connectivity index (χ4n) is 4.39. The average Bonchev–Trinajstić information content (AvgIpc) is 3.34. The van der Waals surface area contributed by atoms with E-state index in [2.05, 4.69) is 51.4 Å². The first-order chi connectivity index (χ1) is 12.2. The van der Waals surface area contributed by atoms with Crippen LogP contribution in [-0.4, -0.2) is 31.1 Å². The predicted octanol–water partition coefficient (Wildman–Crippen LogP) is 3.90. The number of aliphatic imine (C=N–C) groups is 1. The number of aromatic nitrogens is 1. The zero-order valence-electron chi connectivity index (χ0n) is 15.1. The number of benzene rings is 1. The van der Waals surface area contributed by atoms with Gasteiger partial charge in [-0.3, -0.25) is 4.99 Å². The molecule has 0 radical (unpaired) electrons. The standard InChI is InChI=1S/C20H26N4S/c1-15-13-23-18(25-15)9-12-22-19(21-2)24-14-20(10-5-6-11-20)16-7-3-4-8-17(16)24/h3-4,7-8,13H,5-6,9-12,14H2,1-2H3,(H,21,22). The van der Waals surface area contributed by atoms with E-state index in [4.69, 9.17) is 0 Å². The topological polar surface area (TPSA) is 40.5 Å². The van der Waals surface area contributed by atoms with Gasteiger partial charge in [-0.2, -0.15) is 0 Å². The van der Waals surface area contributed by atoms with Gasteiger partial charge in [0.1, 0.15) is 0 Å². The first-order valence-electron chi connectivity index (χ1n) is 9.21. The van der Waals surface area contributed by atoms with Crippen molar-refractivity contribution >= 4 is 23.0 Å². The number of nitrogens with zero attached hydrogens (tertiary/aromatic N) is 3. The number of rotatable bonds is 3. The Bertz CT molecular complexity index is 774. The van der Waals surface area contributed by atoms with E-state index in [1.54, 1.807) is 11.3 Å². The summed E-state index contributed by atoms with van der Waals surface area (Å²) in [5, 5.41) is 4.75. The third kappa shape index (κ3) is 3.06. The molecular formula is C20H26N4S. The molecule has 0 amide bonds. The largest absolute Gasteiger partial charge is 0.356 e. The molecule has 4 nitrogen and oxygen atoms in total. The van der Waals surface area contributed by atoms with E-state index in [1.165, 1.54) is 46.8 Å². The van der Waals surface area contributed by atoms with Crippen molar-refractivity contribution in [3.8, 4) is 0 Å². The van der Waals surface area contributed by atoms with E-state index in [-0.39, 0.29) is 0 Å². The number of aryl methyl sites for hydroxylation is 1. The Morgan fingerprint density at radius 3 is 2.84 bits per heavy atom. The third-order valence-electron chi connectivity index (χ3n) is 5.55. The lowest BCUT2D eigenvalue weighted by molar-refractivity contribution is 0.478. The number of hydrogen-bond donors (Lipinski definition) is 1. The molecule has 0 unspecified atom stereocenters. The van der Waals surface area contributed by atoms with Crippen LogP contribution in [0.15, 0.2) is 35.5 Å². The molecule has 132 valence electrons. The van der Waals surface area contributed by atoms with Gasteiger partial charge in [0.15, 0.2) is 5.96 Å². The van der Waals surface area contributed by atoms with Crippen LogP contribution in [-0.2, 0) is 11.8 Å². The highest BCUT2D eigenvalue weighted by Gasteiger charge is 2.45. The molecule has 0 saturated heterocycles. The highest BCUT2D eigenvalue weighted by atomic mass is 32.1. The minimum absolute atomic E-state index is 0.334. The maximum absolute atomic E-state index is 4.57. The van der Waals surface area contributed by atoms with E-state index in [9.17, 15) is 0 Å². The summed E-state index contributed by atoms with van der Waals surface area (Å²) in [6.45, 7) is 4.03. The Balaban J connectivity index is 1.50. The molecule has 1 spiro atoms. The molecule has 1 aliphatic heterocycles. The smallest absolute Gasteiger partial charge is 0.198 e. The number of fused-ring (bicyclic) bond motifs is 2. The normalized spacial score (nSPS) is 18.8. The van der Waals surface area contributed by atoms with Crippen LogP contribution in [0.5, 0.6) is 0 Å². The molecule has 2 aliphatic rings. The van der Waals surface area contributed by atoms with Crippen LogP contribution in [0.1, 0.15) is 41.1 Å². The van der Waals surface area contributed by atoms with Crippen LogP contribution < -0.4 is 10.2 Å². The van der Waals surface area contributed by atoms with Crippen molar-refractivity contribution in [2.45, 2.75) is 44.4 Å². The van der Waals surface area contributed by atoms with Crippen molar-refractivity contribution in [1.82, 2.24) is 10.3 Å². The van der Waals surface area contributed by atoms with Crippen molar-refractivity contribution in [3.63, 3.8) is 0 Å². The fourth-order valence-corrected chi connectivity index (χ4v) is 5.18. The lowest BCUT2D eigenvalue weighted by Gasteiger charge is -2.26. The van der Waals surface area contributed by atoms with Gasteiger partial charge in [-0.15, -0.1) is 11.3 Å².